The lowest BCUT2D eigenvalue weighted by molar-refractivity contribution is 0.220. The van der Waals surface area contributed by atoms with E-state index in [1.165, 1.54) is 0 Å². The predicted octanol–water partition coefficient (Wildman–Crippen LogP) is 4.54. The molecular formula is C22H23NO4. The summed E-state index contributed by atoms with van der Waals surface area (Å²) in [5, 5.41) is 14.3. The molecule has 5 heteroatoms. The summed E-state index contributed by atoms with van der Waals surface area (Å²) in [6.45, 7) is 0. The molecule has 3 rings (SSSR count). The molecule has 0 fully saturated rings. The second-order valence-electron chi connectivity index (χ2n) is 5.98. The van der Waals surface area contributed by atoms with Gasteiger partial charge in [0.15, 0.2) is 0 Å². The van der Waals surface area contributed by atoms with Crippen molar-refractivity contribution < 1.29 is 19.3 Å². The molecule has 0 aliphatic rings. The van der Waals surface area contributed by atoms with Gasteiger partial charge >= 0.3 is 0 Å². The number of methoxy groups -OCH3 is 3. The first-order valence-electron chi connectivity index (χ1n) is 8.55. The van der Waals surface area contributed by atoms with Crippen LogP contribution >= 0.6 is 0 Å². The molecule has 0 aliphatic heterocycles. The normalized spacial score (nSPS) is 11.6. The van der Waals surface area contributed by atoms with Crippen LogP contribution in [0.5, 0.6) is 17.2 Å². The van der Waals surface area contributed by atoms with Crippen molar-refractivity contribution in [1.29, 1.82) is 0 Å². The Hall–Kier alpha value is -3.18. The zero-order valence-electron chi connectivity index (χ0n) is 15.6. The summed E-state index contributed by atoms with van der Waals surface area (Å²) in [7, 11) is 4.86. The lowest BCUT2D eigenvalue weighted by Crippen LogP contribution is -2.05. The van der Waals surface area contributed by atoms with Gasteiger partial charge in [-0.1, -0.05) is 12.1 Å². The fourth-order valence-electron chi connectivity index (χ4n) is 2.80. The van der Waals surface area contributed by atoms with E-state index in [1.54, 1.807) is 21.3 Å². The molecule has 5 nitrogen and oxygen atoms in total. The van der Waals surface area contributed by atoms with E-state index >= 15 is 0 Å². The molecule has 0 radical (unpaired) electrons. The molecule has 3 aromatic carbocycles. The second kappa shape index (κ2) is 8.47. The van der Waals surface area contributed by atoms with E-state index in [0.29, 0.717) is 5.75 Å². The van der Waals surface area contributed by atoms with Crippen LogP contribution in [0.2, 0.25) is 0 Å². The van der Waals surface area contributed by atoms with Gasteiger partial charge in [-0.3, -0.25) is 0 Å². The molecule has 3 aromatic rings. The standard InChI is InChI=1S/C22H23NO4/c1-25-17-8-4-15(5-9-17)22(24)20-14-19(27-3)12-13-21(20)23-16-6-10-18(26-2)11-7-16/h4-14,22-24H,1-3H3. The lowest BCUT2D eigenvalue weighted by atomic mass is 9.99. The van der Waals surface area contributed by atoms with Crippen LogP contribution in [0.15, 0.2) is 66.7 Å². The van der Waals surface area contributed by atoms with Crippen molar-refractivity contribution >= 4 is 11.4 Å². The minimum atomic E-state index is -0.813. The van der Waals surface area contributed by atoms with Crippen LogP contribution in [0.25, 0.3) is 0 Å². The molecule has 0 spiro atoms. The third-order valence-corrected chi connectivity index (χ3v) is 4.35. The van der Waals surface area contributed by atoms with Crippen LogP contribution in [0.1, 0.15) is 17.2 Å². The van der Waals surface area contributed by atoms with E-state index in [1.807, 2.05) is 66.7 Å². The molecule has 0 amide bonds. The number of anilines is 2. The minimum Gasteiger partial charge on any atom is -0.497 e. The molecule has 1 unspecified atom stereocenters. The summed E-state index contributed by atoms with van der Waals surface area (Å²) in [6, 6.07) is 20.5. The number of hydrogen-bond donors (Lipinski definition) is 2. The van der Waals surface area contributed by atoms with Crippen molar-refractivity contribution in [2.24, 2.45) is 0 Å². The third kappa shape index (κ3) is 4.33. The Morgan fingerprint density at radius 2 is 1.22 bits per heavy atom. The summed E-state index contributed by atoms with van der Waals surface area (Å²) in [5.41, 5.74) is 3.17. The van der Waals surface area contributed by atoms with Gasteiger partial charge in [0.25, 0.3) is 0 Å². The van der Waals surface area contributed by atoms with Crippen molar-refractivity contribution in [3.05, 3.63) is 77.9 Å². The number of nitrogens with one attached hydrogen (secondary N) is 1. The number of ether oxygens (including phenoxy) is 3. The lowest BCUT2D eigenvalue weighted by Gasteiger charge is -2.19. The maximum absolute atomic E-state index is 11.0. The van der Waals surface area contributed by atoms with Gasteiger partial charge in [-0.2, -0.15) is 0 Å². The van der Waals surface area contributed by atoms with E-state index in [2.05, 4.69) is 5.32 Å². The van der Waals surface area contributed by atoms with Crippen LogP contribution in [0.4, 0.5) is 11.4 Å². The molecule has 0 aliphatic carbocycles. The summed E-state index contributed by atoms with van der Waals surface area (Å²) >= 11 is 0. The molecule has 0 saturated carbocycles. The number of hydrogen-bond acceptors (Lipinski definition) is 5. The minimum absolute atomic E-state index is 0.679. The first-order chi connectivity index (χ1) is 13.1. The van der Waals surface area contributed by atoms with Gasteiger partial charge < -0.3 is 24.6 Å². The Balaban J connectivity index is 1.93. The van der Waals surface area contributed by atoms with E-state index in [4.69, 9.17) is 14.2 Å². The van der Waals surface area contributed by atoms with Crippen LogP contribution in [0, 0.1) is 0 Å². The van der Waals surface area contributed by atoms with Crippen molar-refractivity contribution in [2.75, 3.05) is 26.6 Å². The van der Waals surface area contributed by atoms with Crippen molar-refractivity contribution in [3.8, 4) is 17.2 Å². The van der Waals surface area contributed by atoms with Crippen LogP contribution in [-0.4, -0.2) is 26.4 Å². The van der Waals surface area contributed by atoms with Gasteiger partial charge in [0.05, 0.1) is 21.3 Å². The zero-order chi connectivity index (χ0) is 19.2. The molecule has 0 bridgehead atoms. The van der Waals surface area contributed by atoms with Gasteiger partial charge in [0.1, 0.15) is 23.4 Å². The van der Waals surface area contributed by atoms with Crippen LogP contribution in [-0.2, 0) is 0 Å². The molecular weight excluding hydrogens is 342 g/mol. The number of aliphatic hydroxyl groups excluding tert-OH is 1. The quantitative estimate of drug-likeness (QED) is 0.644. The highest BCUT2D eigenvalue weighted by atomic mass is 16.5. The zero-order valence-corrected chi connectivity index (χ0v) is 15.6. The fraction of sp³-hybridized carbons (Fsp3) is 0.182. The highest BCUT2D eigenvalue weighted by Gasteiger charge is 2.16. The van der Waals surface area contributed by atoms with Gasteiger partial charge in [-0.15, -0.1) is 0 Å². The van der Waals surface area contributed by atoms with Crippen LogP contribution in [0.3, 0.4) is 0 Å². The van der Waals surface area contributed by atoms with Gasteiger partial charge in [-0.05, 0) is 60.2 Å². The maximum Gasteiger partial charge on any atom is 0.119 e. The number of benzene rings is 3. The highest BCUT2D eigenvalue weighted by Crippen LogP contribution is 2.34. The first-order valence-corrected chi connectivity index (χ1v) is 8.55. The van der Waals surface area contributed by atoms with Crippen molar-refractivity contribution in [3.63, 3.8) is 0 Å². The number of aliphatic hydroxyl groups is 1. The average molecular weight is 365 g/mol. The van der Waals surface area contributed by atoms with Crippen molar-refractivity contribution in [2.45, 2.75) is 6.10 Å². The summed E-state index contributed by atoms with van der Waals surface area (Å²) in [5.74, 6) is 2.21. The molecule has 27 heavy (non-hydrogen) atoms. The molecule has 140 valence electrons. The average Bonchev–Trinajstić information content (AvgIpc) is 2.74. The molecule has 0 saturated heterocycles. The van der Waals surface area contributed by atoms with Gasteiger partial charge in [0, 0.05) is 16.9 Å². The van der Waals surface area contributed by atoms with E-state index in [9.17, 15) is 5.11 Å². The monoisotopic (exact) mass is 365 g/mol. The molecule has 2 N–H and O–H groups in total. The second-order valence-corrected chi connectivity index (χ2v) is 5.98. The molecule has 1 atom stereocenters. The Morgan fingerprint density at radius 3 is 1.78 bits per heavy atom. The SMILES string of the molecule is COc1ccc(Nc2ccc(OC)cc2C(O)c2ccc(OC)cc2)cc1. The molecule has 0 heterocycles. The van der Waals surface area contributed by atoms with Crippen molar-refractivity contribution in [1.82, 2.24) is 0 Å². The van der Waals surface area contributed by atoms with Gasteiger partial charge in [0.2, 0.25) is 0 Å². The summed E-state index contributed by atoms with van der Waals surface area (Å²) < 4.78 is 15.7. The molecule has 0 aromatic heterocycles. The highest BCUT2D eigenvalue weighted by molar-refractivity contribution is 5.66. The topological polar surface area (TPSA) is 60.0 Å². The third-order valence-electron chi connectivity index (χ3n) is 4.35. The Labute approximate surface area is 159 Å². The number of rotatable bonds is 7. The summed E-state index contributed by atoms with van der Waals surface area (Å²) in [6.07, 6.45) is -0.813. The Morgan fingerprint density at radius 1 is 0.704 bits per heavy atom. The summed E-state index contributed by atoms with van der Waals surface area (Å²) in [4.78, 5) is 0. The first kappa shape index (κ1) is 18.6. The Bertz CT molecular complexity index is 876. The van der Waals surface area contributed by atoms with E-state index in [0.717, 1.165) is 34.0 Å². The van der Waals surface area contributed by atoms with E-state index < -0.39 is 6.10 Å². The Kier molecular flexibility index (Phi) is 5.84. The van der Waals surface area contributed by atoms with E-state index in [-0.39, 0.29) is 0 Å². The predicted molar refractivity (Wildman–Crippen MR) is 106 cm³/mol. The fourth-order valence-corrected chi connectivity index (χ4v) is 2.80. The maximum atomic E-state index is 11.0. The van der Waals surface area contributed by atoms with Gasteiger partial charge in [-0.25, -0.2) is 0 Å². The largest absolute Gasteiger partial charge is 0.497 e. The van der Waals surface area contributed by atoms with Crippen LogP contribution < -0.4 is 19.5 Å². The smallest absolute Gasteiger partial charge is 0.119 e.